The summed E-state index contributed by atoms with van der Waals surface area (Å²) in [5.74, 6) is -0.279. The molecule has 3 aromatic rings. The molecule has 6 nitrogen and oxygen atoms in total. The van der Waals surface area contributed by atoms with Crippen molar-refractivity contribution in [2.24, 2.45) is 4.99 Å². The van der Waals surface area contributed by atoms with Crippen LogP contribution in [0.2, 0.25) is 0 Å². The maximum Gasteiger partial charge on any atom is 0.338 e. The van der Waals surface area contributed by atoms with Gasteiger partial charge in [-0.2, -0.15) is 0 Å². The Bertz CT molecular complexity index is 1390. The first-order valence-electron chi connectivity index (χ1n) is 10.0. The van der Waals surface area contributed by atoms with Crippen molar-refractivity contribution < 1.29 is 18.7 Å². The van der Waals surface area contributed by atoms with Crippen molar-refractivity contribution in [1.82, 2.24) is 4.57 Å². The molecule has 0 bridgehead atoms. The zero-order valence-electron chi connectivity index (χ0n) is 17.8. The molecule has 0 amide bonds. The van der Waals surface area contributed by atoms with Crippen LogP contribution in [0.1, 0.15) is 31.0 Å². The summed E-state index contributed by atoms with van der Waals surface area (Å²) in [5, 5.41) is 0. The van der Waals surface area contributed by atoms with Crippen molar-refractivity contribution >= 4 is 23.4 Å². The van der Waals surface area contributed by atoms with E-state index in [1.807, 2.05) is 24.3 Å². The molecular formula is C24H21FN2O4S. The highest BCUT2D eigenvalue weighted by atomic mass is 32.1. The number of allylic oxidation sites excluding steroid dienone is 1. The lowest BCUT2D eigenvalue weighted by atomic mass is 9.96. The van der Waals surface area contributed by atoms with Gasteiger partial charge in [0.2, 0.25) is 0 Å². The number of methoxy groups -OCH3 is 1. The van der Waals surface area contributed by atoms with Gasteiger partial charge in [-0.25, -0.2) is 14.2 Å². The summed E-state index contributed by atoms with van der Waals surface area (Å²) >= 11 is 1.23. The molecule has 0 saturated heterocycles. The van der Waals surface area contributed by atoms with E-state index in [0.717, 1.165) is 5.56 Å². The molecule has 1 aliphatic heterocycles. The number of halogens is 1. The van der Waals surface area contributed by atoms with Crippen LogP contribution in [0.4, 0.5) is 4.39 Å². The number of carbonyl (C=O) groups excluding carboxylic acids is 1. The van der Waals surface area contributed by atoms with E-state index in [9.17, 15) is 14.0 Å². The number of esters is 1. The van der Waals surface area contributed by atoms with Crippen LogP contribution < -0.4 is 19.6 Å². The van der Waals surface area contributed by atoms with Gasteiger partial charge in [0, 0.05) is 0 Å². The number of thiazole rings is 1. The second-order valence-electron chi connectivity index (χ2n) is 7.13. The van der Waals surface area contributed by atoms with E-state index in [-0.39, 0.29) is 17.7 Å². The lowest BCUT2D eigenvalue weighted by Crippen LogP contribution is -2.39. The minimum absolute atomic E-state index is 0.187. The van der Waals surface area contributed by atoms with Crippen LogP contribution in [0.15, 0.2) is 69.6 Å². The van der Waals surface area contributed by atoms with Gasteiger partial charge in [0.15, 0.2) is 4.80 Å². The van der Waals surface area contributed by atoms with E-state index in [4.69, 9.17) is 9.47 Å². The summed E-state index contributed by atoms with van der Waals surface area (Å²) in [6, 6.07) is 12.3. The van der Waals surface area contributed by atoms with Crippen LogP contribution in [0.3, 0.4) is 0 Å². The minimum atomic E-state index is -0.765. The Labute approximate surface area is 187 Å². The van der Waals surface area contributed by atoms with Gasteiger partial charge in [0.05, 0.1) is 35.6 Å². The quantitative estimate of drug-likeness (QED) is 0.558. The summed E-state index contributed by atoms with van der Waals surface area (Å²) in [5.41, 5.74) is 1.83. The SMILES string of the molecule is CCOC(=O)C1=C(C)N=c2s/c(=C/c3cccc(OC)c3)c(=O)n2[C@@H]1c1ccc(F)cc1. The summed E-state index contributed by atoms with van der Waals surface area (Å²) in [7, 11) is 1.58. The maximum atomic E-state index is 13.6. The van der Waals surface area contributed by atoms with Crippen molar-refractivity contribution in [3.63, 3.8) is 0 Å². The second kappa shape index (κ2) is 8.92. The number of hydrogen-bond donors (Lipinski definition) is 0. The minimum Gasteiger partial charge on any atom is -0.497 e. The Balaban J connectivity index is 1.94. The van der Waals surface area contributed by atoms with Crippen molar-refractivity contribution in [3.8, 4) is 5.75 Å². The number of benzene rings is 2. The number of rotatable bonds is 5. The average molecular weight is 453 g/mol. The first kappa shape index (κ1) is 21.7. The van der Waals surface area contributed by atoms with Crippen molar-refractivity contribution in [3.05, 3.63) is 96.4 Å². The third kappa shape index (κ3) is 4.01. The second-order valence-corrected chi connectivity index (χ2v) is 8.14. The summed E-state index contributed by atoms with van der Waals surface area (Å²) < 4.78 is 26.0. The van der Waals surface area contributed by atoms with Crippen LogP contribution in [-0.2, 0) is 9.53 Å². The first-order chi connectivity index (χ1) is 15.4. The summed E-state index contributed by atoms with van der Waals surface area (Å²) in [4.78, 5) is 31.2. The fourth-order valence-electron chi connectivity index (χ4n) is 3.63. The molecule has 1 atom stereocenters. The van der Waals surface area contributed by atoms with Crippen molar-refractivity contribution in [2.75, 3.05) is 13.7 Å². The fourth-order valence-corrected chi connectivity index (χ4v) is 4.68. The molecule has 4 rings (SSSR count). The predicted molar refractivity (Wildman–Crippen MR) is 120 cm³/mol. The van der Waals surface area contributed by atoms with E-state index in [0.29, 0.717) is 26.3 Å². The number of carbonyl (C=O) groups is 1. The number of nitrogens with zero attached hydrogens (tertiary/aromatic N) is 2. The summed E-state index contributed by atoms with van der Waals surface area (Å²) in [6.45, 7) is 3.61. The van der Waals surface area contributed by atoms with Crippen molar-refractivity contribution in [2.45, 2.75) is 19.9 Å². The molecule has 0 N–H and O–H groups in total. The monoisotopic (exact) mass is 452 g/mol. The van der Waals surface area contributed by atoms with Crippen LogP contribution >= 0.6 is 11.3 Å². The first-order valence-corrected chi connectivity index (χ1v) is 10.8. The van der Waals surface area contributed by atoms with E-state index in [1.165, 1.54) is 28.0 Å². The Morgan fingerprint density at radius 2 is 2.00 bits per heavy atom. The van der Waals surface area contributed by atoms with Gasteiger partial charge >= 0.3 is 5.97 Å². The number of hydrogen-bond acceptors (Lipinski definition) is 6. The molecular weight excluding hydrogens is 431 g/mol. The molecule has 0 radical (unpaired) electrons. The number of ether oxygens (including phenoxy) is 2. The van der Waals surface area contributed by atoms with E-state index in [1.54, 1.807) is 39.2 Å². The maximum absolute atomic E-state index is 13.6. The van der Waals surface area contributed by atoms with E-state index < -0.39 is 17.8 Å². The van der Waals surface area contributed by atoms with Gasteiger partial charge < -0.3 is 9.47 Å². The lowest BCUT2D eigenvalue weighted by Gasteiger charge is -2.24. The van der Waals surface area contributed by atoms with Crippen LogP contribution in [0.25, 0.3) is 6.08 Å². The zero-order chi connectivity index (χ0) is 22.8. The highest BCUT2D eigenvalue weighted by Gasteiger charge is 2.33. The standard InChI is InChI=1S/C24H21FN2O4S/c1-4-31-23(29)20-14(2)26-24-27(21(20)16-8-10-17(25)11-9-16)22(28)19(32-24)13-15-6-5-7-18(12-15)30-3/h5-13,21H,4H2,1-3H3/b19-13+/t21-/m1/s1. The molecule has 0 aliphatic carbocycles. The van der Waals surface area contributed by atoms with Gasteiger partial charge in [-0.3, -0.25) is 9.36 Å². The van der Waals surface area contributed by atoms with Crippen molar-refractivity contribution in [1.29, 1.82) is 0 Å². The topological polar surface area (TPSA) is 69.9 Å². The largest absolute Gasteiger partial charge is 0.497 e. The van der Waals surface area contributed by atoms with Gasteiger partial charge in [0.25, 0.3) is 5.56 Å². The molecule has 0 fully saturated rings. The van der Waals surface area contributed by atoms with Crippen LogP contribution in [0.5, 0.6) is 5.75 Å². The Kier molecular flexibility index (Phi) is 6.05. The van der Waals surface area contributed by atoms with Crippen LogP contribution in [-0.4, -0.2) is 24.3 Å². The molecule has 8 heteroatoms. The molecule has 2 aromatic carbocycles. The van der Waals surface area contributed by atoms with Gasteiger partial charge in [-0.15, -0.1) is 0 Å². The van der Waals surface area contributed by atoms with Gasteiger partial charge in [0.1, 0.15) is 11.6 Å². The molecule has 0 unspecified atom stereocenters. The molecule has 0 saturated carbocycles. The Hall–Kier alpha value is -3.52. The third-order valence-electron chi connectivity index (χ3n) is 5.09. The van der Waals surface area contributed by atoms with E-state index in [2.05, 4.69) is 4.99 Å². The molecule has 32 heavy (non-hydrogen) atoms. The average Bonchev–Trinajstić information content (AvgIpc) is 3.08. The zero-order valence-corrected chi connectivity index (χ0v) is 18.6. The Morgan fingerprint density at radius 3 is 2.69 bits per heavy atom. The lowest BCUT2D eigenvalue weighted by molar-refractivity contribution is -0.139. The normalized spacial score (nSPS) is 15.9. The number of fused-ring (bicyclic) bond motifs is 1. The van der Waals surface area contributed by atoms with Gasteiger partial charge in [-0.1, -0.05) is 35.6 Å². The highest BCUT2D eigenvalue weighted by Crippen LogP contribution is 2.30. The molecule has 2 heterocycles. The molecule has 164 valence electrons. The third-order valence-corrected chi connectivity index (χ3v) is 6.08. The molecule has 1 aliphatic rings. The molecule has 1 aromatic heterocycles. The highest BCUT2D eigenvalue weighted by molar-refractivity contribution is 7.07. The fraction of sp³-hybridized carbons (Fsp3) is 0.208. The smallest absolute Gasteiger partial charge is 0.338 e. The predicted octanol–water partition coefficient (Wildman–Crippen LogP) is 2.95. The van der Waals surface area contributed by atoms with E-state index >= 15 is 0 Å². The Morgan fingerprint density at radius 1 is 1.25 bits per heavy atom. The van der Waals surface area contributed by atoms with Crippen LogP contribution in [0, 0.1) is 5.82 Å². The van der Waals surface area contributed by atoms with Gasteiger partial charge in [-0.05, 0) is 55.3 Å². The number of aromatic nitrogens is 1. The summed E-state index contributed by atoms with van der Waals surface area (Å²) in [6.07, 6.45) is 1.76. The molecule has 0 spiro atoms.